The molecule has 0 aliphatic rings. The summed E-state index contributed by atoms with van der Waals surface area (Å²) in [4.78, 5) is 15.6. The maximum absolute atomic E-state index is 10.5. The molecular formula is C12H12N2O3. The third-order valence-corrected chi connectivity index (χ3v) is 1.82. The van der Waals surface area contributed by atoms with Gasteiger partial charge < -0.3 is 9.57 Å². The Morgan fingerprint density at radius 1 is 1.41 bits per heavy atom. The van der Waals surface area contributed by atoms with Gasteiger partial charge in [0.25, 0.3) is 0 Å². The fourth-order valence-corrected chi connectivity index (χ4v) is 0.956. The number of rotatable bonds is 4. The Labute approximate surface area is 99.3 Å². The molecule has 0 radical (unpaired) electrons. The maximum atomic E-state index is 10.5. The fourth-order valence-electron chi connectivity index (χ4n) is 0.956. The van der Waals surface area contributed by atoms with E-state index in [4.69, 9.17) is 10.1 Å². The van der Waals surface area contributed by atoms with Crippen molar-refractivity contribution in [2.45, 2.75) is 13.8 Å². The Morgan fingerprint density at radius 3 is 2.59 bits per heavy atom. The van der Waals surface area contributed by atoms with Gasteiger partial charge in [0.05, 0.1) is 0 Å². The van der Waals surface area contributed by atoms with Crippen molar-refractivity contribution < 1.29 is 14.4 Å². The normalized spacial score (nSPS) is 10.5. The zero-order valence-electron chi connectivity index (χ0n) is 9.64. The number of ether oxygens (including phenoxy) is 1. The minimum atomic E-state index is -0.469. The highest BCUT2D eigenvalue weighted by Crippen LogP contribution is 2.11. The number of carbonyl (C=O) groups is 1. The standard InChI is InChI=1S/C12H12N2O3/c1-9-3-5-12(6-4-9)17-14-11(7-13)8-16-10(2)15/h3-6H,8H2,1-2H3. The number of aryl methyl sites for hydroxylation is 1. The van der Waals surface area contributed by atoms with Gasteiger partial charge in [0.2, 0.25) is 0 Å². The van der Waals surface area contributed by atoms with Crippen LogP contribution in [0.2, 0.25) is 0 Å². The zero-order chi connectivity index (χ0) is 12.7. The predicted molar refractivity (Wildman–Crippen MR) is 61.5 cm³/mol. The Kier molecular flexibility index (Phi) is 4.70. The molecule has 0 saturated heterocycles. The highest BCUT2D eigenvalue weighted by molar-refractivity contribution is 5.99. The van der Waals surface area contributed by atoms with Gasteiger partial charge in [0, 0.05) is 6.92 Å². The summed E-state index contributed by atoms with van der Waals surface area (Å²) in [6.45, 7) is 3.03. The molecule has 0 atom stereocenters. The van der Waals surface area contributed by atoms with E-state index in [0.29, 0.717) is 5.75 Å². The number of hydrogen-bond donors (Lipinski definition) is 0. The van der Waals surface area contributed by atoms with Crippen molar-refractivity contribution in [3.8, 4) is 11.8 Å². The lowest BCUT2D eigenvalue weighted by Crippen LogP contribution is -2.11. The van der Waals surface area contributed by atoms with Crippen LogP contribution < -0.4 is 4.84 Å². The van der Waals surface area contributed by atoms with Crippen LogP contribution in [0.25, 0.3) is 0 Å². The number of esters is 1. The molecule has 0 unspecified atom stereocenters. The smallest absolute Gasteiger partial charge is 0.303 e. The first-order chi connectivity index (χ1) is 8.11. The molecule has 5 nitrogen and oxygen atoms in total. The van der Waals surface area contributed by atoms with Gasteiger partial charge in [-0.2, -0.15) is 5.26 Å². The molecule has 0 spiro atoms. The molecule has 0 fully saturated rings. The monoisotopic (exact) mass is 232 g/mol. The Bertz CT molecular complexity index is 458. The van der Waals surface area contributed by atoms with Crippen LogP contribution >= 0.6 is 0 Å². The molecular weight excluding hydrogens is 220 g/mol. The third-order valence-electron chi connectivity index (χ3n) is 1.82. The van der Waals surface area contributed by atoms with Gasteiger partial charge in [-0.1, -0.05) is 22.9 Å². The van der Waals surface area contributed by atoms with E-state index in [-0.39, 0.29) is 12.3 Å². The fraction of sp³-hybridized carbons (Fsp3) is 0.250. The first kappa shape index (κ1) is 12.7. The SMILES string of the molecule is CC(=O)OCC(C#N)=NOc1ccc(C)cc1. The number of carbonyl (C=O) groups excluding carboxylic acids is 1. The van der Waals surface area contributed by atoms with E-state index in [1.807, 2.05) is 19.1 Å². The van der Waals surface area contributed by atoms with Crippen LogP contribution in [0, 0.1) is 18.3 Å². The van der Waals surface area contributed by atoms with Gasteiger partial charge in [-0.05, 0) is 19.1 Å². The summed E-state index contributed by atoms with van der Waals surface area (Å²) in [5.41, 5.74) is 1.10. The minimum Gasteiger partial charge on any atom is -0.458 e. The molecule has 1 aromatic carbocycles. The van der Waals surface area contributed by atoms with Crippen molar-refractivity contribution in [2.75, 3.05) is 6.61 Å². The molecule has 0 aromatic heterocycles. The molecule has 0 aliphatic heterocycles. The molecule has 0 aliphatic carbocycles. The van der Waals surface area contributed by atoms with Crippen molar-refractivity contribution in [3.05, 3.63) is 29.8 Å². The first-order valence-corrected chi connectivity index (χ1v) is 4.96. The number of benzene rings is 1. The van der Waals surface area contributed by atoms with Gasteiger partial charge in [0.1, 0.15) is 12.7 Å². The van der Waals surface area contributed by atoms with E-state index in [9.17, 15) is 4.79 Å². The Hall–Kier alpha value is -2.35. The number of oxime groups is 1. The minimum absolute atomic E-state index is 0.000718. The van der Waals surface area contributed by atoms with Crippen molar-refractivity contribution in [2.24, 2.45) is 5.16 Å². The average molecular weight is 232 g/mol. The van der Waals surface area contributed by atoms with E-state index >= 15 is 0 Å². The van der Waals surface area contributed by atoms with E-state index < -0.39 is 5.97 Å². The summed E-state index contributed by atoms with van der Waals surface area (Å²) in [6.07, 6.45) is 0. The zero-order valence-corrected chi connectivity index (χ0v) is 9.64. The van der Waals surface area contributed by atoms with Crippen LogP contribution in [-0.4, -0.2) is 18.3 Å². The molecule has 1 aromatic rings. The summed E-state index contributed by atoms with van der Waals surface area (Å²) < 4.78 is 4.63. The summed E-state index contributed by atoms with van der Waals surface area (Å²) in [6, 6.07) is 8.99. The average Bonchev–Trinajstić information content (AvgIpc) is 2.31. The van der Waals surface area contributed by atoms with E-state index in [2.05, 4.69) is 9.89 Å². The second-order valence-electron chi connectivity index (χ2n) is 3.33. The van der Waals surface area contributed by atoms with Crippen LogP contribution in [0.15, 0.2) is 29.4 Å². The van der Waals surface area contributed by atoms with Crippen molar-refractivity contribution >= 4 is 11.7 Å². The maximum Gasteiger partial charge on any atom is 0.303 e. The summed E-state index contributed by atoms with van der Waals surface area (Å²) in [7, 11) is 0. The van der Waals surface area contributed by atoms with Crippen LogP contribution in [0.5, 0.6) is 5.75 Å². The topological polar surface area (TPSA) is 71.7 Å². The highest BCUT2D eigenvalue weighted by Gasteiger charge is 2.02. The van der Waals surface area contributed by atoms with Crippen molar-refractivity contribution in [1.29, 1.82) is 5.26 Å². The van der Waals surface area contributed by atoms with E-state index in [1.54, 1.807) is 18.2 Å². The van der Waals surface area contributed by atoms with Gasteiger partial charge >= 0.3 is 5.97 Å². The second kappa shape index (κ2) is 6.28. The number of hydrogen-bond acceptors (Lipinski definition) is 5. The van der Waals surface area contributed by atoms with Gasteiger partial charge in [-0.25, -0.2) is 0 Å². The lowest BCUT2D eigenvalue weighted by molar-refractivity contribution is -0.139. The van der Waals surface area contributed by atoms with Crippen LogP contribution in [0.1, 0.15) is 12.5 Å². The number of nitrogens with zero attached hydrogens (tertiary/aromatic N) is 2. The highest BCUT2D eigenvalue weighted by atomic mass is 16.6. The quantitative estimate of drug-likeness (QED) is 0.451. The molecule has 0 saturated carbocycles. The molecule has 88 valence electrons. The van der Waals surface area contributed by atoms with Gasteiger partial charge in [-0.3, -0.25) is 4.79 Å². The molecule has 0 heterocycles. The lowest BCUT2D eigenvalue weighted by Gasteiger charge is -2.01. The van der Waals surface area contributed by atoms with Crippen molar-refractivity contribution in [1.82, 2.24) is 0 Å². The van der Waals surface area contributed by atoms with E-state index in [1.165, 1.54) is 6.92 Å². The molecule has 0 amide bonds. The largest absolute Gasteiger partial charge is 0.458 e. The molecule has 1 rings (SSSR count). The van der Waals surface area contributed by atoms with Crippen LogP contribution in [-0.2, 0) is 9.53 Å². The predicted octanol–water partition coefficient (Wildman–Crippen LogP) is 1.82. The van der Waals surface area contributed by atoms with Crippen LogP contribution in [0.3, 0.4) is 0 Å². The molecule has 0 bridgehead atoms. The van der Waals surface area contributed by atoms with Crippen LogP contribution in [0.4, 0.5) is 0 Å². The number of nitriles is 1. The van der Waals surface area contributed by atoms with E-state index in [0.717, 1.165) is 5.56 Å². The van der Waals surface area contributed by atoms with Gasteiger partial charge in [-0.15, -0.1) is 0 Å². The summed E-state index contributed by atoms with van der Waals surface area (Å²) in [5, 5.41) is 12.3. The lowest BCUT2D eigenvalue weighted by atomic mass is 10.2. The first-order valence-electron chi connectivity index (χ1n) is 4.96. The second-order valence-corrected chi connectivity index (χ2v) is 3.33. The summed E-state index contributed by atoms with van der Waals surface area (Å²) >= 11 is 0. The third kappa shape index (κ3) is 4.80. The molecule has 17 heavy (non-hydrogen) atoms. The van der Waals surface area contributed by atoms with Crippen molar-refractivity contribution in [3.63, 3.8) is 0 Å². The molecule has 0 N–H and O–H groups in total. The Morgan fingerprint density at radius 2 is 2.06 bits per heavy atom. The summed E-state index contributed by atoms with van der Waals surface area (Å²) in [5.74, 6) is 0.0504. The van der Waals surface area contributed by atoms with Gasteiger partial charge in [0.15, 0.2) is 11.5 Å². The Balaban J connectivity index is 2.58. The molecule has 5 heteroatoms.